The third kappa shape index (κ3) is 2.65. The molecule has 2 heteroatoms. The van der Waals surface area contributed by atoms with Crippen LogP contribution in [0.5, 0.6) is 5.75 Å². The summed E-state index contributed by atoms with van der Waals surface area (Å²) in [5, 5.41) is 3.62. The minimum Gasteiger partial charge on any atom is -0.497 e. The average Bonchev–Trinajstić information content (AvgIpc) is 2.46. The van der Waals surface area contributed by atoms with E-state index in [0.717, 1.165) is 30.0 Å². The van der Waals surface area contributed by atoms with Gasteiger partial charge in [-0.15, -0.1) is 0 Å². The molecule has 4 bridgehead atoms. The largest absolute Gasteiger partial charge is 0.497 e. The zero-order valence-electron chi connectivity index (χ0n) is 13.1. The summed E-state index contributed by atoms with van der Waals surface area (Å²) >= 11 is 0. The van der Waals surface area contributed by atoms with E-state index in [-0.39, 0.29) is 0 Å². The molecule has 1 aromatic rings. The Hall–Kier alpha value is -1.18. The predicted octanol–water partition coefficient (Wildman–Crippen LogP) is 4.71. The molecule has 0 aromatic heterocycles. The maximum absolute atomic E-state index is 5.21. The Morgan fingerprint density at radius 2 is 1.57 bits per heavy atom. The monoisotopic (exact) mass is 285 g/mol. The minimum absolute atomic E-state index is 0.689. The molecule has 21 heavy (non-hydrogen) atoms. The predicted molar refractivity (Wildman–Crippen MR) is 86.7 cm³/mol. The lowest BCUT2D eigenvalue weighted by atomic mass is 9.49. The van der Waals surface area contributed by atoms with Crippen LogP contribution in [-0.2, 0) is 0 Å². The molecule has 0 radical (unpaired) electrons. The summed E-state index contributed by atoms with van der Waals surface area (Å²) in [6, 6.07) is 8.32. The van der Waals surface area contributed by atoms with Gasteiger partial charge in [0, 0.05) is 12.2 Å². The SMILES string of the molecule is COc1ccc(NCCC23CC4CC(CC(C4)C2)C3)cc1. The van der Waals surface area contributed by atoms with E-state index in [1.54, 1.807) is 26.4 Å². The van der Waals surface area contributed by atoms with Gasteiger partial charge in [0.2, 0.25) is 0 Å². The van der Waals surface area contributed by atoms with Crippen molar-refractivity contribution in [3.05, 3.63) is 24.3 Å². The fourth-order valence-electron chi connectivity index (χ4n) is 5.78. The molecule has 4 aliphatic rings. The summed E-state index contributed by atoms with van der Waals surface area (Å²) in [6.07, 6.45) is 10.6. The minimum atomic E-state index is 0.689. The van der Waals surface area contributed by atoms with Crippen LogP contribution in [-0.4, -0.2) is 13.7 Å². The molecule has 1 aromatic carbocycles. The third-order valence-electron chi connectivity index (χ3n) is 6.24. The van der Waals surface area contributed by atoms with Crippen LogP contribution >= 0.6 is 0 Å². The van der Waals surface area contributed by atoms with Crippen LogP contribution in [0.15, 0.2) is 24.3 Å². The summed E-state index contributed by atoms with van der Waals surface area (Å²) < 4.78 is 5.21. The molecule has 0 unspecified atom stereocenters. The molecule has 0 atom stereocenters. The molecule has 0 amide bonds. The van der Waals surface area contributed by atoms with Crippen molar-refractivity contribution in [3.63, 3.8) is 0 Å². The molecular formula is C19H27NO. The van der Waals surface area contributed by atoms with Gasteiger partial charge in [0.1, 0.15) is 5.75 Å². The molecule has 0 heterocycles. The number of methoxy groups -OCH3 is 1. The second-order valence-electron chi connectivity index (χ2n) is 7.82. The Morgan fingerprint density at radius 1 is 1.00 bits per heavy atom. The van der Waals surface area contributed by atoms with E-state index in [1.165, 1.54) is 31.4 Å². The van der Waals surface area contributed by atoms with E-state index in [2.05, 4.69) is 17.4 Å². The summed E-state index contributed by atoms with van der Waals surface area (Å²) in [6.45, 7) is 1.12. The van der Waals surface area contributed by atoms with Gasteiger partial charge >= 0.3 is 0 Å². The molecule has 2 nitrogen and oxygen atoms in total. The normalized spacial score (nSPS) is 36.7. The molecule has 0 aliphatic heterocycles. The fourth-order valence-corrected chi connectivity index (χ4v) is 5.78. The Morgan fingerprint density at radius 3 is 2.10 bits per heavy atom. The fraction of sp³-hybridized carbons (Fsp3) is 0.684. The Balaban J connectivity index is 1.34. The van der Waals surface area contributed by atoms with Crippen molar-refractivity contribution < 1.29 is 4.74 Å². The van der Waals surface area contributed by atoms with Crippen molar-refractivity contribution in [1.29, 1.82) is 0 Å². The van der Waals surface area contributed by atoms with Crippen molar-refractivity contribution in [3.8, 4) is 5.75 Å². The first-order chi connectivity index (χ1) is 10.2. The van der Waals surface area contributed by atoms with Gasteiger partial charge in [-0.3, -0.25) is 0 Å². The highest BCUT2D eigenvalue weighted by molar-refractivity contribution is 5.46. The zero-order valence-corrected chi connectivity index (χ0v) is 13.1. The van der Waals surface area contributed by atoms with Crippen LogP contribution in [0.3, 0.4) is 0 Å². The van der Waals surface area contributed by atoms with Crippen molar-refractivity contribution in [2.24, 2.45) is 23.2 Å². The molecule has 4 saturated carbocycles. The maximum Gasteiger partial charge on any atom is 0.119 e. The van der Waals surface area contributed by atoms with Crippen molar-refractivity contribution in [2.45, 2.75) is 44.9 Å². The van der Waals surface area contributed by atoms with Gasteiger partial charge in [0.05, 0.1) is 7.11 Å². The number of hydrogen-bond acceptors (Lipinski definition) is 2. The van der Waals surface area contributed by atoms with Gasteiger partial charge in [-0.2, -0.15) is 0 Å². The van der Waals surface area contributed by atoms with E-state index in [9.17, 15) is 0 Å². The van der Waals surface area contributed by atoms with Crippen LogP contribution in [0.2, 0.25) is 0 Å². The molecule has 1 N–H and O–H groups in total. The number of hydrogen-bond donors (Lipinski definition) is 1. The van der Waals surface area contributed by atoms with Crippen LogP contribution in [0.4, 0.5) is 5.69 Å². The first-order valence-corrected chi connectivity index (χ1v) is 8.63. The van der Waals surface area contributed by atoms with E-state index < -0.39 is 0 Å². The molecule has 4 fully saturated rings. The van der Waals surface area contributed by atoms with E-state index >= 15 is 0 Å². The second-order valence-corrected chi connectivity index (χ2v) is 7.82. The summed E-state index contributed by atoms with van der Waals surface area (Å²) in [5.74, 6) is 4.13. The number of nitrogens with one attached hydrogen (secondary N) is 1. The van der Waals surface area contributed by atoms with E-state index in [0.29, 0.717) is 5.41 Å². The standard InChI is InChI=1S/C19H27NO/c1-21-18-4-2-17(3-5-18)20-7-6-19-11-14-8-15(12-19)10-16(9-14)13-19/h2-5,14-16,20H,6-13H2,1H3. The number of ether oxygens (including phenoxy) is 1. The average molecular weight is 285 g/mol. The lowest BCUT2D eigenvalue weighted by molar-refractivity contribution is -0.0552. The molecular weight excluding hydrogens is 258 g/mol. The van der Waals surface area contributed by atoms with Gasteiger partial charge in [0.15, 0.2) is 0 Å². The molecule has 0 saturated heterocycles. The van der Waals surface area contributed by atoms with E-state index in [4.69, 9.17) is 4.74 Å². The first-order valence-electron chi connectivity index (χ1n) is 8.63. The van der Waals surface area contributed by atoms with Gasteiger partial charge in [-0.05, 0) is 92.4 Å². The molecule has 5 rings (SSSR count). The highest BCUT2D eigenvalue weighted by atomic mass is 16.5. The highest BCUT2D eigenvalue weighted by Crippen LogP contribution is 2.61. The van der Waals surface area contributed by atoms with Crippen LogP contribution in [0.25, 0.3) is 0 Å². The third-order valence-corrected chi connectivity index (χ3v) is 6.24. The Kier molecular flexibility index (Phi) is 3.35. The van der Waals surface area contributed by atoms with Crippen LogP contribution < -0.4 is 10.1 Å². The van der Waals surface area contributed by atoms with Gasteiger partial charge in [0.25, 0.3) is 0 Å². The van der Waals surface area contributed by atoms with Crippen LogP contribution in [0.1, 0.15) is 44.9 Å². The lowest BCUT2D eigenvalue weighted by Crippen LogP contribution is -2.46. The quantitative estimate of drug-likeness (QED) is 0.845. The first kappa shape index (κ1) is 13.5. The molecule has 4 aliphatic carbocycles. The molecule has 0 spiro atoms. The summed E-state index contributed by atoms with van der Waals surface area (Å²) in [7, 11) is 1.72. The smallest absolute Gasteiger partial charge is 0.119 e. The summed E-state index contributed by atoms with van der Waals surface area (Å²) in [5.41, 5.74) is 1.91. The maximum atomic E-state index is 5.21. The van der Waals surface area contributed by atoms with Crippen molar-refractivity contribution in [2.75, 3.05) is 19.0 Å². The highest BCUT2D eigenvalue weighted by Gasteiger charge is 2.50. The topological polar surface area (TPSA) is 21.3 Å². The van der Waals surface area contributed by atoms with Crippen molar-refractivity contribution >= 4 is 5.69 Å². The summed E-state index contributed by atoms with van der Waals surface area (Å²) in [4.78, 5) is 0. The Bertz CT molecular complexity index is 458. The lowest BCUT2D eigenvalue weighted by Gasteiger charge is -2.57. The van der Waals surface area contributed by atoms with Gasteiger partial charge in [-0.1, -0.05) is 0 Å². The van der Waals surface area contributed by atoms with E-state index in [1.807, 2.05) is 12.1 Å². The van der Waals surface area contributed by atoms with Crippen LogP contribution in [0, 0.1) is 23.2 Å². The van der Waals surface area contributed by atoms with Gasteiger partial charge < -0.3 is 10.1 Å². The second kappa shape index (κ2) is 5.23. The molecule has 114 valence electrons. The van der Waals surface area contributed by atoms with Crippen molar-refractivity contribution in [1.82, 2.24) is 0 Å². The van der Waals surface area contributed by atoms with Gasteiger partial charge in [-0.25, -0.2) is 0 Å². The zero-order chi connectivity index (χ0) is 14.3. The number of anilines is 1. The number of benzene rings is 1. The number of rotatable bonds is 5. The Labute approximate surface area is 128 Å².